The molecule has 0 aromatic heterocycles. The van der Waals surface area contributed by atoms with Crippen molar-refractivity contribution in [3.8, 4) is 0 Å². The van der Waals surface area contributed by atoms with Crippen LogP contribution in [0.15, 0.2) is 0 Å². The zero-order chi connectivity index (χ0) is 15.6. The van der Waals surface area contributed by atoms with Crippen LogP contribution in [-0.4, -0.2) is 95.9 Å². The van der Waals surface area contributed by atoms with Gasteiger partial charge in [-0.25, -0.2) is 0 Å². The molecule has 0 bridgehead atoms. The van der Waals surface area contributed by atoms with E-state index in [1.165, 1.54) is 0 Å². The molecule has 124 valence electrons. The van der Waals surface area contributed by atoms with E-state index in [-0.39, 0.29) is 26.4 Å². The van der Waals surface area contributed by atoms with Crippen LogP contribution in [0.4, 0.5) is 0 Å². The number of aliphatic hydroxyl groups is 4. The molecular formula is C14H34N2O4. The van der Waals surface area contributed by atoms with E-state index < -0.39 is 0 Å². The highest BCUT2D eigenvalue weighted by molar-refractivity contribution is 4.55. The van der Waals surface area contributed by atoms with Crippen LogP contribution in [0.25, 0.3) is 0 Å². The van der Waals surface area contributed by atoms with Gasteiger partial charge in [-0.3, -0.25) is 9.80 Å². The van der Waals surface area contributed by atoms with Crippen LogP contribution in [0.5, 0.6) is 0 Å². The summed E-state index contributed by atoms with van der Waals surface area (Å²) >= 11 is 0. The Bertz CT molecular complexity index is 161. The summed E-state index contributed by atoms with van der Waals surface area (Å²) in [5.74, 6) is 0. The van der Waals surface area contributed by atoms with Gasteiger partial charge in [-0.2, -0.15) is 0 Å². The Morgan fingerprint density at radius 2 is 1.00 bits per heavy atom. The number of rotatable bonds is 12. The monoisotopic (exact) mass is 294 g/mol. The van der Waals surface area contributed by atoms with Crippen molar-refractivity contribution in [1.29, 1.82) is 0 Å². The quantitative estimate of drug-likeness (QED) is 0.383. The van der Waals surface area contributed by atoms with Crippen molar-refractivity contribution < 1.29 is 20.4 Å². The Morgan fingerprint density at radius 3 is 1.30 bits per heavy atom. The molecule has 0 rings (SSSR count). The summed E-state index contributed by atoms with van der Waals surface area (Å²) in [6.07, 6.45) is 2.30. The molecule has 6 heteroatoms. The molecule has 0 heterocycles. The van der Waals surface area contributed by atoms with Crippen molar-refractivity contribution in [2.45, 2.75) is 26.7 Å². The minimum atomic E-state index is 0.174. The first-order chi connectivity index (χ1) is 9.69. The van der Waals surface area contributed by atoms with Gasteiger partial charge in [-0.15, -0.1) is 0 Å². The molecule has 0 saturated heterocycles. The van der Waals surface area contributed by atoms with E-state index >= 15 is 0 Å². The third-order valence-corrected chi connectivity index (χ3v) is 2.94. The molecule has 6 nitrogen and oxygen atoms in total. The lowest BCUT2D eigenvalue weighted by Crippen LogP contribution is -2.30. The summed E-state index contributed by atoms with van der Waals surface area (Å²) in [5.41, 5.74) is 0. The molecule has 0 unspecified atom stereocenters. The van der Waals surface area contributed by atoms with Crippen LogP contribution in [0, 0.1) is 0 Å². The van der Waals surface area contributed by atoms with Crippen LogP contribution in [0.3, 0.4) is 0 Å². The highest BCUT2D eigenvalue weighted by atomic mass is 16.3. The van der Waals surface area contributed by atoms with Crippen molar-refractivity contribution in [3.63, 3.8) is 0 Å². The maximum Gasteiger partial charge on any atom is 0.0558 e. The predicted octanol–water partition coefficient (Wildman–Crippen LogP) is -0.634. The summed E-state index contributed by atoms with van der Waals surface area (Å²) in [4.78, 5) is 4.06. The van der Waals surface area contributed by atoms with Crippen LogP contribution in [-0.2, 0) is 0 Å². The molecule has 0 aliphatic carbocycles. The smallest absolute Gasteiger partial charge is 0.0558 e. The fourth-order valence-corrected chi connectivity index (χ4v) is 1.71. The molecule has 0 spiro atoms. The summed E-state index contributed by atoms with van der Waals surface area (Å²) in [6.45, 7) is 9.42. The molecular weight excluding hydrogens is 260 g/mol. The number of likely N-dealkylation sites (N-methyl/N-ethyl adjacent to an activating group) is 1. The van der Waals surface area contributed by atoms with E-state index in [2.05, 4.69) is 11.8 Å². The fourth-order valence-electron chi connectivity index (χ4n) is 1.71. The van der Waals surface area contributed by atoms with E-state index in [1.807, 2.05) is 11.8 Å². The van der Waals surface area contributed by atoms with E-state index in [4.69, 9.17) is 20.4 Å². The second-order valence-electron chi connectivity index (χ2n) is 4.52. The summed E-state index contributed by atoms with van der Waals surface area (Å²) in [5, 5.41) is 34.2. The second kappa shape index (κ2) is 18.8. The van der Waals surface area contributed by atoms with Gasteiger partial charge in [0.15, 0.2) is 0 Å². The van der Waals surface area contributed by atoms with E-state index in [9.17, 15) is 0 Å². The third kappa shape index (κ3) is 15.8. The highest BCUT2D eigenvalue weighted by Crippen LogP contribution is 1.93. The van der Waals surface area contributed by atoms with Gasteiger partial charge in [-0.1, -0.05) is 20.3 Å². The summed E-state index contributed by atoms with van der Waals surface area (Å²) < 4.78 is 0. The Balaban J connectivity index is 0. The number of aliphatic hydroxyl groups excluding tert-OH is 4. The summed E-state index contributed by atoms with van der Waals surface area (Å²) in [7, 11) is 0. The third-order valence-electron chi connectivity index (χ3n) is 2.94. The zero-order valence-electron chi connectivity index (χ0n) is 13.2. The van der Waals surface area contributed by atoms with E-state index in [0.717, 1.165) is 25.9 Å². The van der Waals surface area contributed by atoms with Crippen LogP contribution >= 0.6 is 0 Å². The van der Waals surface area contributed by atoms with Gasteiger partial charge in [-0.05, 0) is 19.5 Å². The zero-order valence-corrected chi connectivity index (χ0v) is 13.2. The molecule has 0 aliphatic heterocycles. The molecule has 0 aromatic rings. The topological polar surface area (TPSA) is 87.4 Å². The average molecular weight is 294 g/mol. The van der Waals surface area contributed by atoms with Crippen LogP contribution < -0.4 is 0 Å². The minimum absolute atomic E-state index is 0.174. The van der Waals surface area contributed by atoms with Crippen molar-refractivity contribution in [3.05, 3.63) is 0 Å². The Hall–Kier alpha value is -0.240. The van der Waals surface area contributed by atoms with Gasteiger partial charge >= 0.3 is 0 Å². The standard InChI is InChI=1S/C8H19NO2.C6H15NO2/c1-2-3-4-9(5-7-10)6-8-11;1-2-7(3-5-8)4-6-9/h10-11H,2-8H2,1H3;8-9H,2-6H2,1H3. The van der Waals surface area contributed by atoms with Gasteiger partial charge in [0, 0.05) is 26.2 Å². The normalized spacial score (nSPS) is 10.8. The average Bonchev–Trinajstić information content (AvgIpc) is 2.45. The van der Waals surface area contributed by atoms with Crippen molar-refractivity contribution in [2.24, 2.45) is 0 Å². The van der Waals surface area contributed by atoms with Gasteiger partial charge in [0.25, 0.3) is 0 Å². The Labute approximate surface area is 123 Å². The molecule has 0 atom stereocenters. The van der Waals surface area contributed by atoms with Gasteiger partial charge in [0.05, 0.1) is 26.4 Å². The maximum atomic E-state index is 8.64. The van der Waals surface area contributed by atoms with Crippen LogP contribution in [0.1, 0.15) is 26.7 Å². The predicted molar refractivity (Wildman–Crippen MR) is 81.8 cm³/mol. The maximum absolute atomic E-state index is 8.64. The first-order valence-corrected chi connectivity index (χ1v) is 7.58. The molecule has 4 N–H and O–H groups in total. The van der Waals surface area contributed by atoms with E-state index in [0.29, 0.717) is 26.2 Å². The molecule has 0 saturated carbocycles. The lowest BCUT2D eigenvalue weighted by molar-refractivity contribution is 0.159. The van der Waals surface area contributed by atoms with Crippen LogP contribution in [0.2, 0.25) is 0 Å². The minimum Gasteiger partial charge on any atom is -0.395 e. The molecule has 20 heavy (non-hydrogen) atoms. The second-order valence-corrected chi connectivity index (χ2v) is 4.52. The SMILES string of the molecule is CCCCN(CCO)CCO.CCN(CCO)CCO. The largest absolute Gasteiger partial charge is 0.395 e. The molecule has 0 amide bonds. The fraction of sp³-hybridized carbons (Fsp3) is 1.00. The van der Waals surface area contributed by atoms with Crippen molar-refractivity contribution in [1.82, 2.24) is 9.80 Å². The van der Waals surface area contributed by atoms with Gasteiger partial charge in [0.1, 0.15) is 0 Å². The first-order valence-electron chi connectivity index (χ1n) is 7.58. The van der Waals surface area contributed by atoms with Crippen molar-refractivity contribution in [2.75, 3.05) is 65.7 Å². The molecule has 0 radical (unpaired) electrons. The summed E-state index contributed by atoms with van der Waals surface area (Å²) in [6, 6.07) is 0. The molecule has 0 aromatic carbocycles. The lowest BCUT2D eigenvalue weighted by atomic mass is 10.3. The molecule has 0 fully saturated rings. The first kappa shape index (κ1) is 22.0. The van der Waals surface area contributed by atoms with E-state index in [1.54, 1.807) is 0 Å². The number of nitrogens with zero attached hydrogens (tertiary/aromatic N) is 2. The van der Waals surface area contributed by atoms with Gasteiger partial charge in [0.2, 0.25) is 0 Å². The molecule has 0 aliphatic rings. The highest BCUT2D eigenvalue weighted by Gasteiger charge is 2.00. The number of unbranched alkanes of at least 4 members (excludes halogenated alkanes) is 1. The van der Waals surface area contributed by atoms with Crippen molar-refractivity contribution >= 4 is 0 Å². The Morgan fingerprint density at radius 1 is 0.600 bits per heavy atom. The Kier molecular flexibility index (Phi) is 20.7. The van der Waals surface area contributed by atoms with Gasteiger partial charge < -0.3 is 20.4 Å². The lowest BCUT2D eigenvalue weighted by Gasteiger charge is -2.19. The number of hydrogen-bond donors (Lipinski definition) is 4. The number of hydrogen-bond acceptors (Lipinski definition) is 6.